The van der Waals surface area contributed by atoms with Crippen LogP contribution in [0.25, 0.3) is 0 Å². The van der Waals surface area contributed by atoms with Crippen LogP contribution < -0.4 is 0 Å². The van der Waals surface area contributed by atoms with Gasteiger partial charge in [-0.1, -0.05) is 6.07 Å². The molecule has 5 atom stereocenters. The van der Waals surface area contributed by atoms with E-state index in [4.69, 9.17) is 9.84 Å². The van der Waals surface area contributed by atoms with Crippen LogP contribution in [0.5, 0.6) is 0 Å². The summed E-state index contributed by atoms with van der Waals surface area (Å²) >= 11 is 0. The first kappa shape index (κ1) is 12.4. The molecule has 1 saturated heterocycles. The van der Waals surface area contributed by atoms with Crippen LogP contribution in [0.15, 0.2) is 24.5 Å². The zero-order valence-electron chi connectivity index (χ0n) is 9.05. The van der Waals surface area contributed by atoms with E-state index >= 15 is 0 Å². The first-order chi connectivity index (χ1) is 8.15. The summed E-state index contributed by atoms with van der Waals surface area (Å²) in [5.74, 6) is 0. The third kappa shape index (κ3) is 2.31. The third-order valence-electron chi connectivity index (χ3n) is 2.91. The molecule has 4 N–H and O–H groups in total. The van der Waals surface area contributed by atoms with E-state index in [-0.39, 0.29) is 0 Å². The third-order valence-corrected chi connectivity index (χ3v) is 2.91. The van der Waals surface area contributed by atoms with Crippen molar-refractivity contribution in [1.29, 1.82) is 0 Å². The molecule has 0 aliphatic carbocycles. The molecule has 6 heteroatoms. The smallest absolute Gasteiger partial charge is 0.113 e. The van der Waals surface area contributed by atoms with Crippen molar-refractivity contribution in [1.82, 2.24) is 4.98 Å². The van der Waals surface area contributed by atoms with Crippen LogP contribution in [0.3, 0.4) is 0 Å². The van der Waals surface area contributed by atoms with Crippen LogP contribution in [0, 0.1) is 0 Å². The molecule has 1 aliphatic rings. The summed E-state index contributed by atoms with van der Waals surface area (Å²) in [4.78, 5) is 3.89. The quantitative estimate of drug-likeness (QED) is 0.507. The number of hydrogen-bond donors (Lipinski definition) is 4. The average Bonchev–Trinajstić information content (AvgIpc) is 2.37. The van der Waals surface area contributed by atoms with E-state index in [9.17, 15) is 15.3 Å². The Morgan fingerprint density at radius 3 is 2.53 bits per heavy atom. The highest BCUT2D eigenvalue weighted by atomic mass is 16.5. The van der Waals surface area contributed by atoms with Gasteiger partial charge in [0.2, 0.25) is 0 Å². The van der Waals surface area contributed by atoms with Gasteiger partial charge >= 0.3 is 0 Å². The second-order valence-corrected chi connectivity index (χ2v) is 4.04. The molecular formula is C11H15NO5. The fourth-order valence-corrected chi connectivity index (χ4v) is 1.92. The second kappa shape index (κ2) is 5.07. The number of ether oxygens (including phenoxy) is 1. The van der Waals surface area contributed by atoms with Crippen molar-refractivity contribution in [2.24, 2.45) is 0 Å². The van der Waals surface area contributed by atoms with Gasteiger partial charge < -0.3 is 25.2 Å². The summed E-state index contributed by atoms with van der Waals surface area (Å²) in [5.41, 5.74) is 0.587. The van der Waals surface area contributed by atoms with Gasteiger partial charge in [0, 0.05) is 18.0 Å². The van der Waals surface area contributed by atoms with Crippen LogP contribution >= 0.6 is 0 Å². The number of aromatic nitrogens is 1. The zero-order valence-corrected chi connectivity index (χ0v) is 9.05. The normalized spacial score (nSPS) is 38.0. The maximum absolute atomic E-state index is 9.83. The predicted molar refractivity (Wildman–Crippen MR) is 57.0 cm³/mol. The highest BCUT2D eigenvalue weighted by Gasteiger charge is 2.43. The van der Waals surface area contributed by atoms with E-state index in [0.717, 1.165) is 0 Å². The van der Waals surface area contributed by atoms with Gasteiger partial charge in [-0.3, -0.25) is 4.98 Å². The minimum atomic E-state index is -1.36. The zero-order chi connectivity index (χ0) is 12.4. The van der Waals surface area contributed by atoms with Gasteiger partial charge in [-0.2, -0.15) is 0 Å². The van der Waals surface area contributed by atoms with Gasteiger partial charge in [-0.25, -0.2) is 0 Å². The van der Waals surface area contributed by atoms with Crippen LogP contribution in [0.2, 0.25) is 0 Å². The summed E-state index contributed by atoms with van der Waals surface area (Å²) in [5, 5.41) is 38.1. The summed E-state index contributed by atoms with van der Waals surface area (Å²) in [6.07, 6.45) is -2.55. The molecule has 0 bridgehead atoms. The van der Waals surface area contributed by atoms with Gasteiger partial charge in [0.25, 0.3) is 0 Å². The van der Waals surface area contributed by atoms with E-state index in [1.807, 2.05) is 0 Å². The topological polar surface area (TPSA) is 103 Å². The van der Waals surface area contributed by atoms with Gasteiger partial charge in [-0.15, -0.1) is 0 Å². The lowest BCUT2D eigenvalue weighted by Gasteiger charge is -2.40. The van der Waals surface area contributed by atoms with E-state index in [1.165, 1.54) is 6.20 Å². The number of rotatable bonds is 2. The molecule has 0 saturated carbocycles. The van der Waals surface area contributed by atoms with Gasteiger partial charge in [-0.05, 0) is 6.07 Å². The summed E-state index contributed by atoms with van der Waals surface area (Å²) < 4.78 is 5.37. The molecular weight excluding hydrogens is 226 g/mol. The Balaban J connectivity index is 2.23. The monoisotopic (exact) mass is 241 g/mol. The number of nitrogens with zero attached hydrogens (tertiary/aromatic N) is 1. The van der Waals surface area contributed by atoms with Crippen LogP contribution in [-0.2, 0) is 4.74 Å². The molecule has 17 heavy (non-hydrogen) atoms. The lowest BCUT2D eigenvalue weighted by atomic mass is 9.92. The lowest BCUT2D eigenvalue weighted by molar-refractivity contribution is -0.231. The molecule has 94 valence electrons. The molecule has 6 nitrogen and oxygen atoms in total. The molecule has 1 unspecified atom stereocenters. The maximum atomic E-state index is 9.83. The van der Waals surface area contributed by atoms with E-state index in [1.54, 1.807) is 18.3 Å². The minimum absolute atomic E-state index is 0.429. The Kier molecular flexibility index (Phi) is 3.70. The number of aliphatic hydroxyl groups excluding tert-OH is 4. The minimum Gasteiger partial charge on any atom is -0.394 e. The molecule has 1 aromatic heterocycles. The number of aliphatic hydroxyl groups is 4. The fraction of sp³-hybridized carbons (Fsp3) is 0.545. The Morgan fingerprint density at radius 2 is 1.94 bits per heavy atom. The predicted octanol–water partition coefficient (Wildman–Crippen LogP) is -1.40. The first-order valence-electron chi connectivity index (χ1n) is 5.35. The number of pyridine rings is 1. The Morgan fingerprint density at radius 1 is 1.18 bits per heavy atom. The van der Waals surface area contributed by atoms with E-state index < -0.39 is 37.1 Å². The fourth-order valence-electron chi connectivity index (χ4n) is 1.92. The number of hydrogen-bond acceptors (Lipinski definition) is 6. The molecule has 2 rings (SSSR count). The molecule has 1 aromatic rings. The SMILES string of the molecule is OC[C@H]1OC(c2cccnc2)[C@H](O)[C@@H](O)[C@@H]1O. The van der Waals surface area contributed by atoms with Crippen molar-refractivity contribution in [3.8, 4) is 0 Å². The largest absolute Gasteiger partial charge is 0.394 e. The van der Waals surface area contributed by atoms with E-state index in [0.29, 0.717) is 5.56 Å². The molecule has 0 radical (unpaired) electrons. The maximum Gasteiger partial charge on any atom is 0.113 e. The van der Waals surface area contributed by atoms with Crippen molar-refractivity contribution < 1.29 is 25.2 Å². The van der Waals surface area contributed by atoms with Crippen molar-refractivity contribution >= 4 is 0 Å². The highest BCUT2D eigenvalue weighted by Crippen LogP contribution is 2.31. The van der Waals surface area contributed by atoms with Gasteiger partial charge in [0.05, 0.1) is 6.61 Å². The molecule has 1 fully saturated rings. The highest BCUT2D eigenvalue weighted by molar-refractivity contribution is 5.16. The summed E-state index contributed by atoms with van der Waals surface area (Å²) in [6, 6.07) is 3.37. The standard InChI is InChI=1S/C11H15NO5/c13-5-7-8(14)9(15)10(16)11(17-7)6-2-1-3-12-4-6/h1-4,7-11,13-16H,5H2/t7-,8-,9+,10-,11?/m1/s1. The van der Waals surface area contributed by atoms with Crippen LogP contribution in [0.1, 0.15) is 11.7 Å². The van der Waals surface area contributed by atoms with Crippen LogP contribution in [-0.4, -0.2) is 56.4 Å². The summed E-state index contributed by atoms with van der Waals surface area (Å²) in [7, 11) is 0. The lowest BCUT2D eigenvalue weighted by Crippen LogP contribution is -2.55. The van der Waals surface area contributed by atoms with Crippen molar-refractivity contribution in [2.45, 2.75) is 30.5 Å². The van der Waals surface area contributed by atoms with Crippen molar-refractivity contribution in [3.63, 3.8) is 0 Å². The van der Waals surface area contributed by atoms with Crippen molar-refractivity contribution in [2.75, 3.05) is 6.61 Å². The van der Waals surface area contributed by atoms with E-state index in [2.05, 4.69) is 4.98 Å². The Hall–Kier alpha value is -1.05. The first-order valence-corrected chi connectivity index (χ1v) is 5.35. The van der Waals surface area contributed by atoms with Crippen molar-refractivity contribution in [3.05, 3.63) is 30.1 Å². The van der Waals surface area contributed by atoms with Gasteiger partial charge in [0.15, 0.2) is 0 Å². The molecule has 0 amide bonds. The Labute approximate surface area is 98.1 Å². The molecule has 1 aliphatic heterocycles. The van der Waals surface area contributed by atoms with Crippen LogP contribution in [0.4, 0.5) is 0 Å². The molecule has 2 heterocycles. The molecule has 0 spiro atoms. The molecule has 0 aromatic carbocycles. The summed E-state index contributed by atoms with van der Waals surface area (Å²) in [6.45, 7) is -0.429. The van der Waals surface area contributed by atoms with Gasteiger partial charge in [0.1, 0.15) is 30.5 Å². The average molecular weight is 241 g/mol. The Bertz CT molecular complexity index is 358. The second-order valence-electron chi connectivity index (χ2n) is 4.04.